The number of nitrogens with two attached hydrogens (primary N) is 1. The van der Waals surface area contributed by atoms with Crippen LogP contribution in [-0.4, -0.2) is 39.4 Å². The molecule has 35 heavy (non-hydrogen) atoms. The number of ether oxygens (including phenoxy) is 2. The standard InChI is InChI=1S/C19H13F10NO4S/c1-2-9-3-5-10(6-4-9)33-7-17(24,25)19(28,29)18(26,27)8-34-15-11(20)13(22)16(35(30,31)32)14(23)12(15)21/h2-6H,1,7-8H2,(H2,30,31,32). The highest BCUT2D eigenvalue weighted by molar-refractivity contribution is 7.89. The minimum Gasteiger partial charge on any atom is -0.487 e. The summed E-state index contributed by atoms with van der Waals surface area (Å²) < 4.78 is 169. The molecule has 2 N–H and O–H groups in total. The second kappa shape index (κ2) is 9.56. The zero-order chi connectivity index (χ0) is 27.0. The minimum absolute atomic E-state index is 0.407. The molecule has 2 aromatic carbocycles. The molecule has 5 nitrogen and oxygen atoms in total. The van der Waals surface area contributed by atoms with Crippen LogP contribution in [0, 0.1) is 23.3 Å². The van der Waals surface area contributed by atoms with Crippen molar-refractivity contribution in [3.8, 4) is 11.5 Å². The van der Waals surface area contributed by atoms with Crippen LogP contribution in [0.2, 0.25) is 0 Å². The van der Waals surface area contributed by atoms with Crippen LogP contribution < -0.4 is 14.6 Å². The highest BCUT2D eigenvalue weighted by Gasteiger charge is 2.72. The summed E-state index contributed by atoms with van der Waals surface area (Å²) in [5.74, 6) is -31.5. The Morgan fingerprint density at radius 3 is 1.63 bits per heavy atom. The molecule has 194 valence electrons. The molecule has 0 radical (unpaired) electrons. The van der Waals surface area contributed by atoms with Gasteiger partial charge in [0.05, 0.1) is 0 Å². The van der Waals surface area contributed by atoms with Gasteiger partial charge in [-0.1, -0.05) is 24.8 Å². The maximum atomic E-state index is 14.0. The molecule has 0 aliphatic rings. The van der Waals surface area contributed by atoms with Crippen LogP contribution in [0.1, 0.15) is 5.56 Å². The van der Waals surface area contributed by atoms with Crippen LogP contribution in [0.25, 0.3) is 6.08 Å². The van der Waals surface area contributed by atoms with Crippen molar-refractivity contribution in [1.29, 1.82) is 0 Å². The summed E-state index contributed by atoms with van der Waals surface area (Å²) in [5, 5.41) is 4.38. The van der Waals surface area contributed by atoms with Crippen molar-refractivity contribution in [2.75, 3.05) is 13.2 Å². The van der Waals surface area contributed by atoms with Crippen molar-refractivity contribution in [1.82, 2.24) is 0 Å². The Kier molecular flexibility index (Phi) is 7.71. The molecule has 0 amide bonds. The van der Waals surface area contributed by atoms with Gasteiger partial charge in [-0.25, -0.2) is 22.3 Å². The fourth-order valence-electron chi connectivity index (χ4n) is 2.45. The van der Waals surface area contributed by atoms with Crippen LogP contribution in [0.3, 0.4) is 0 Å². The first-order valence-electron chi connectivity index (χ1n) is 8.87. The fraction of sp³-hybridized carbons (Fsp3) is 0.263. The molecule has 0 heterocycles. The number of hydrogen-bond acceptors (Lipinski definition) is 4. The van der Waals surface area contributed by atoms with Gasteiger partial charge < -0.3 is 9.47 Å². The van der Waals surface area contributed by atoms with E-state index in [1.54, 1.807) is 0 Å². The van der Waals surface area contributed by atoms with Crippen molar-refractivity contribution in [2.24, 2.45) is 5.14 Å². The second-order valence-corrected chi connectivity index (χ2v) is 8.29. The maximum Gasteiger partial charge on any atom is 0.378 e. The van der Waals surface area contributed by atoms with E-state index >= 15 is 0 Å². The van der Waals surface area contributed by atoms with Crippen molar-refractivity contribution in [3.63, 3.8) is 0 Å². The van der Waals surface area contributed by atoms with Crippen molar-refractivity contribution < 1.29 is 61.8 Å². The van der Waals surface area contributed by atoms with E-state index in [2.05, 4.69) is 21.2 Å². The van der Waals surface area contributed by atoms with E-state index in [1.165, 1.54) is 18.2 Å². The van der Waals surface area contributed by atoms with Crippen LogP contribution >= 0.6 is 0 Å². The fourth-order valence-corrected chi connectivity index (χ4v) is 3.13. The average molecular weight is 541 g/mol. The van der Waals surface area contributed by atoms with Gasteiger partial charge >= 0.3 is 17.8 Å². The van der Waals surface area contributed by atoms with E-state index in [4.69, 9.17) is 0 Å². The largest absolute Gasteiger partial charge is 0.487 e. The molecule has 0 spiro atoms. The third kappa shape index (κ3) is 5.47. The molecule has 0 unspecified atom stereocenters. The average Bonchev–Trinajstić information content (AvgIpc) is 2.75. The number of sulfonamides is 1. The molecule has 2 aromatic rings. The summed E-state index contributed by atoms with van der Waals surface area (Å²) in [6, 6.07) is 4.66. The van der Waals surface area contributed by atoms with Gasteiger partial charge in [-0.3, -0.25) is 0 Å². The second-order valence-electron chi connectivity index (χ2n) is 6.79. The molecule has 2 rings (SSSR count). The van der Waals surface area contributed by atoms with Gasteiger partial charge in [0.2, 0.25) is 21.7 Å². The lowest BCUT2D eigenvalue weighted by Crippen LogP contribution is -2.58. The van der Waals surface area contributed by atoms with Gasteiger partial charge in [-0.2, -0.15) is 35.1 Å². The summed E-state index contributed by atoms with van der Waals surface area (Å²) in [4.78, 5) is -2.35. The molecule has 0 saturated carbocycles. The first-order valence-corrected chi connectivity index (χ1v) is 10.4. The van der Waals surface area contributed by atoms with Crippen LogP contribution in [0.5, 0.6) is 11.5 Å². The monoisotopic (exact) mass is 541 g/mol. The Bertz CT molecular complexity index is 1190. The summed E-state index contributed by atoms with van der Waals surface area (Å²) >= 11 is 0. The van der Waals surface area contributed by atoms with Crippen molar-refractivity contribution >= 4 is 16.1 Å². The molecular weight excluding hydrogens is 528 g/mol. The molecule has 0 fully saturated rings. The molecule has 0 aliphatic carbocycles. The Balaban J connectivity index is 2.27. The molecule has 0 aromatic heterocycles. The Morgan fingerprint density at radius 2 is 1.23 bits per heavy atom. The maximum absolute atomic E-state index is 14.0. The molecule has 0 saturated heterocycles. The first-order chi connectivity index (χ1) is 15.9. The van der Waals surface area contributed by atoms with E-state index in [0.29, 0.717) is 5.56 Å². The van der Waals surface area contributed by atoms with Crippen LogP contribution in [0.4, 0.5) is 43.9 Å². The lowest BCUT2D eigenvalue weighted by Gasteiger charge is -2.32. The van der Waals surface area contributed by atoms with Gasteiger partial charge in [0.1, 0.15) is 5.75 Å². The van der Waals surface area contributed by atoms with Gasteiger partial charge in [-0.15, -0.1) is 0 Å². The number of hydrogen-bond donors (Lipinski definition) is 1. The van der Waals surface area contributed by atoms with Gasteiger partial charge in [0.25, 0.3) is 0 Å². The summed E-state index contributed by atoms with van der Waals surface area (Å²) in [6.07, 6.45) is 1.35. The summed E-state index contributed by atoms with van der Waals surface area (Å²) in [6.45, 7) is -1.79. The lowest BCUT2D eigenvalue weighted by molar-refractivity contribution is -0.320. The summed E-state index contributed by atoms with van der Waals surface area (Å²) in [7, 11) is -5.42. The van der Waals surface area contributed by atoms with E-state index in [9.17, 15) is 52.3 Å². The quantitative estimate of drug-likeness (QED) is 0.343. The Morgan fingerprint density at radius 1 is 0.800 bits per heavy atom. The number of rotatable bonds is 10. The zero-order valence-corrected chi connectivity index (χ0v) is 17.7. The van der Waals surface area contributed by atoms with Crippen molar-refractivity contribution in [2.45, 2.75) is 22.7 Å². The van der Waals surface area contributed by atoms with Gasteiger partial charge in [-0.05, 0) is 17.7 Å². The smallest absolute Gasteiger partial charge is 0.378 e. The van der Waals surface area contributed by atoms with E-state index in [1.807, 2.05) is 0 Å². The highest BCUT2D eigenvalue weighted by atomic mass is 32.2. The van der Waals surface area contributed by atoms with Gasteiger partial charge in [0.15, 0.2) is 35.5 Å². The molecule has 0 aliphatic heterocycles. The lowest BCUT2D eigenvalue weighted by atomic mass is 10.1. The Hall–Kier alpha value is -3.01. The SMILES string of the molecule is C=Cc1ccc(OCC(F)(F)C(F)(F)C(F)(F)COc2c(F)c(F)c(S(N)(=O)=O)c(F)c2F)cc1. The zero-order valence-electron chi connectivity index (χ0n) is 16.9. The molecule has 0 atom stereocenters. The molecule has 16 heteroatoms. The first kappa shape index (κ1) is 28.2. The predicted molar refractivity (Wildman–Crippen MR) is 100 cm³/mol. The van der Waals surface area contributed by atoms with E-state index in [0.717, 1.165) is 12.1 Å². The minimum atomic E-state index is -6.27. The van der Waals surface area contributed by atoms with Crippen LogP contribution in [-0.2, 0) is 10.0 Å². The number of halogens is 10. The topological polar surface area (TPSA) is 78.6 Å². The molecule has 0 bridgehead atoms. The summed E-state index contributed by atoms with van der Waals surface area (Å²) in [5.41, 5.74) is 0.488. The number of alkyl halides is 6. The van der Waals surface area contributed by atoms with Gasteiger partial charge in [0, 0.05) is 0 Å². The Labute approximate surface area is 190 Å². The number of benzene rings is 2. The third-order valence-corrected chi connectivity index (χ3v) is 5.25. The van der Waals surface area contributed by atoms with E-state index in [-0.39, 0.29) is 0 Å². The molecular formula is C19H13F10NO4S. The highest BCUT2D eigenvalue weighted by Crippen LogP contribution is 2.46. The third-order valence-electron chi connectivity index (χ3n) is 4.32. The normalized spacial score (nSPS) is 13.0. The van der Waals surface area contributed by atoms with Crippen LogP contribution in [0.15, 0.2) is 35.7 Å². The van der Waals surface area contributed by atoms with E-state index < -0.39 is 80.7 Å². The predicted octanol–water partition coefficient (Wildman–Crippen LogP) is 4.90. The number of primary sulfonamides is 1. The van der Waals surface area contributed by atoms with Crippen molar-refractivity contribution in [3.05, 3.63) is 59.7 Å².